The highest BCUT2D eigenvalue weighted by Gasteiger charge is 2.50. The molecule has 1 fully saturated rings. The van der Waals surface area contributed by atoms with Crippen molar-refractivity contribution in [2.24, 2.45) is 0 Å². The molecule has 1 spiro atoms. The van der Waals surface area contributed by atoms with Crippen molar-refractivity contribution >= 4 is 15.7 Å². The van der Waals surface area contributed by atoms with E-state index in [1.54, 1.807) is 11.2 Å². The molecule has 2 aliphatic heterocycles. The third-order valence-corrected chi connectivity index (χ3v) is 7.24. The van der Waals surface area contributed by atoms with Gasteiger partial charge in [0.15, 0.2) is 0 Å². The summed E-state index contributed by atoms with van der Waals surface area (Å²) in [6.45, 7) is 4.48. The minimum atomic E-state index is -3.15. The molecule has 5 nitrogen and oxygen atoms in total. The molecule has 0 aliphatic carbocycles. The zero-order chi connectivity index (χ0) is 17.5. The van der Waals surface area contributed by atoms with Gasteiger partial charge in [-0.2, -0.15) is 0 Å². The Morgan fingerprint density at radius 1 is 1.12 bits per heavy atom. The maximum absolute atomic E-state index is 12.3. The van der Waals surface area contributed by atoms with Gasteiger partial charge in [-0.1, -0.05) is 30.3 Å². The van der Waals surface area contributed by atoms with Crippen molar-refractivity contribution in [3.8, 4) is 0 Å². The number of hydrogen-bond acceptors (Lipinski definition) is 4. The summed E-state index contributed by atoms with van der Waals surface area (Å²) in [6.07, 6.45) is 2.66. The molecule has 0 radical (unpaired) electrons. The van der Waals surface area contributed by atoms with Crippen LogP contribution in [0.1, 0.15) is 24.6 Å². The molecule has 0 N–H and O–H groups in total. The molecule has 1 atom stereocenters. The number of rotatable bonds is 4. The summed E-state index contributed by atoms with van der Waals surface area (Å²) in [4.78, 5) is 7.01. The van der Waals surface area contributed by atoms with E-state index >= 15 is 0 Å². The van der Waals surface area contributed by atoms with Crippen LogP contribution in [0, 0.1) is 0 Å². The Bertz CT molecular complexity index is 869. The predicted molar refractivity (Wildman–Crippen MR) is 99.1 cm³/mol. The van der Waals surface area contributed by atoms with E-state index in [9.17, 15) is 8.42 Å². The molecular weight excluding hydrogens is 334 g/mol. The summed E-state index contributed by atoms with van der Waals surface area (Å²) >= 11 is 0. The van der Waals surface area contributed by atoms with Gasteiger partial charge in [-0.3, -0.25) is 4.98 Å². The van der Waals surface area contributed by atoms with Gasteiger partial charge in [0.1, 0.15) is 0 Å². The quantitative estimate of drug-likeness (QED) is 0.843. The summed E-state index contributed by atoms with van der Waals surface area (Å²) in [5.74, 6) is 0.159. The molecular formula is C19H23N3O2S. The van der Waals surface area contributed by atoms with Crippen LogP contribution in [0.3, 0.4) is 0 Å². The highest BCUT2D eigenvalue weighted by molar-refractivity contribution is 7.89. The van der Waals surface area contributed by atoms with Crippen LogP contribution in [0.2, 0.25) is 0 Å². The molecule has 2 aromatic rings. The second-order valence-corrected chi connectivity index (χ2v) is 9.23. The Labute approximate surface area is 149 Å². The van der Waals surface area contributed by atoms with Crippen LogP contribution in [-0.2, 0) is 22.0 Å². The highest BCUT2D eigenvalue weighted by atomic mass is 32.2. The van der Waals surface area contributed by atoms with Crippen molar-refractivity contribution in [2.75, 3.05) is 30.3 Å². The summed E-state index contributed by atoms with van der Waals surface area (Å²) in [6, 6.07) is 14.5. The first kappa shape index (κ1) is 16.5. The molecule has 6 heteroatoms. The molecule has 25 heavy (non-hydrogen) atoms. The van der Waals surface area contributed by atoms with Gasteiger partial charge < -0.3 is 4.90 Å². The lowest BCUT2D eigenvalue weighted by molar-refractivity contribution is 0.425. The summed E-state index contributed by atoms with van der Waals surface area (Å²) in [5.41, 5.74) is 3.26. The zero-order valence-corrected chi connectivity index (χ0v) is 15.2. The van der Waals surface area contributed by atoms with E-state index in [1.807, 2.05) is 18.3 Å². The fraction of sp³-hybridized carbons (Fsp3) is 0.421. The highest BCUT2D eigenvalue weighted by Crippen LogP contribution is 2.46. The predicted octanol–water partition coefficient (Wildman–Crippen LogP) is 2.40. The van der Waals surface area contributed by atoms with Crippen LogP contribution in [0.15, 0.2) is 48.7 Å². The number of aromatic nitrogens is 1. The van der Waals surface area contributed by atoms with Gasteiger partial charge in [0.05, 0.1) is 17.1 Å². The van der Waals surface area contributed by atoms with Crippen molar-refractivity contribution in [3.05, 3.63) is 59.9 Å². The van der Waals surface area contributed by atoms with Gasteiger partial charge in [0.25, 0.3) is 0 Å². The molecule has 1 aromatic carbocycles. The smallest absolute Gasteiger partial charge is 0.213 e. The largest absolute Gasteiger partial charge is 0.365 e. The Morgan fingerprint density at radius 2 is 1.92 bits per heavy atom. The Morgan fingerprint density at radius 3 is 2.68 bits per heavy atom. The lowest BCUT2D eigenvalue weighted by Gasteiger charge is -2.25. The minimum Gasteiger partial charge on any atom is -0.365 e. The van der Waals surface area contributed by atoms with Crippen molar-refractivity contribution in [2.45, 2.75) is 25.3 Å². The number of anilines is 1. The Hall–Kier alpha value is -1.92. The van der Waals surface area contributed by atoms with Gasteiger partial charge in [-0.15, -0.1) is 0 Å². The number of fused-ring (bicyclic) bond motifs is 2. The SMILES string of the molecule is CCS(=O)(=O)N1CC[C@]2(CN(Cc3ccccc3)c3cccnc32)C1. The van der Waals surface area contributed by atoms with E-state index in [4.69, 9.17) is 0 Å². The normalized spacial score (nSPS) is 23.3. The second kappa shape index (κ2) is 6.11. The van der Waals surface area contributed by atoms with E-state index in [-0.39, 0.29) is 11.2 Å². The van der Waals surface area contributed by atoms with Gasteiger partial charge in [-0.05, 0) is 31.0 Å². The molecule has 132 valence electrons. The lowest BCUT2D eigenvalue weighted by atomic mass is 9.85. The fourth-order valence-corrected chi connectivity index (χ4v) is 5.29. The number of benzene rings is 1. The lowest BCUT2D eigenvalue weighted by Crippen LogP contribution is -2.38. The third-order valence-electron chi connectivity index (χ3n) is 5.42. The van der Waals surface area contributed by atoms with Gasteiger partial charge in [-0.25, -0.2) is 12.7 Å². The van der Waals surface area contributed by atoms with E-state index in [1.165, 1.54) is 5.56 Å². The Balaban J connectivity index is 1.65. The third kappa shape index (κ3) is 2.83. The molecule has 3 heterocycles. The van der Waals surface area contributed by atoms with Gasteiger partial charge in [0, 0.05) is 37.8 Å². The average Bonchev–Trinajstić information content (AvgIpc) is 3.20. The number of sulfonamides is 1. The Kier molecular flexibility index (Phi) is 4.04. The summed E-state index contributed by atoms with van der Waals surface area (Å²) in [5, 5.41) is 0. The standard InChI is InChI=1S/C19H23N3O2S/c1-2-25(23,24)22-12-10-19(15-22)14-21(13-16-7-4-3-5-8-16)17-9-6-11-20-18(17)19/h3-9,11H,2,10,12-15H2,1H3/t19-/m0/s1. The van der Waals surface area contributed by atoms with Crippen molar-refractivity contribution in [1.82, 2.24) is 9.29 Å². The molecule has 0 saturated carbocycles. The van der Waals surface area contributed by atoms with Crippen LogP contribution in [0.4, 0.5) is 5.69 Å². The molecule has 0 unspecified atom stereocenters. The van der Waals surface area contributed by atoms with Crippen LogP contribution in [-0.4, -0.2) is 43.1 Å². The molecule has 0 amide bonds. The molecule has 1 aromatic heterocycles. The number of nitrogens with zero attached hydrogens (tertiary/aromatic N) is 3. The number of hydrogen-bond donors (Lipinski definition) is 0. The zero-order valence-electron chi connectivity index (χ0n) is 14.4. The van der Waals surface area contributed by atoms with Crippen LogP contribution in [0.25, 0.3) is 0 Å². The van der Waals surface area contributed by atoms with E-state index in [0.717, 1.165) is 30.9 Å². The summed E-state index contributed by atoms with van der Waals surface area (Å²) in [7, 11) is -3.15. The van der Waals surface area contributed by atoms with Crippen molar-refractivity contribution in [1.29, 1.82) is 0 Å². The molecule has 2 aliphatic rings. The molecule has 4 rings (SSSR count). The van der Waals surface area contributed by atoms with E-state index < -0.39 is 10.0 Å². The molecule has 0 bridgehead atoms. The summed E-state index contributed by atoms with van der Waals surface area (Å²) < 4.78 is 26.3. The van der Waals surface area contributed by atoms with Crippen molar-refractivity contribution in [3.63, 3.8) is 0 Å². The van der Waals surface area contributed by atoms with Crippen LogP contribution < -0.4 is 4.90 Å². The fourth-order valence-electron chi connectivity index (χ4n) is 4.11. The average molecular weight is 357 g/mol. The molecule has 1 saturated heterocycles. The second-order valence-electron chi connectivity index (χ2n) is 6.98. The monoisotopic (exact) mass is 357 g/mol. The first-order chi connectivity index (χ1) is 12.0. The van der Waals surface area contributed by atoms with Gasteiger partial charge >= 0.3 is 0 Å². The van der Waals surface area contributed by atoms with E-state index in [2.05, 4.69) is 40.2 Å². The minimum absolute atomic E-state index is 0.159. The van der Waals surface area contributed by atoms with Gasteiger partial charge in [0.2, 0.25) is 10.0 Å². The maximum Gasteiger partial charge on any atom is 0.213 e. The number of pyridine rings is 1. The first-order valence-electron chi connectivity index (χ1n) is 8.76. The van der Waals surface area contributed by atoms with Crippen LogP contribution in [0.5, 0.6) is 0 Å². The topological polar surface area (TPSA) is 53.5 Å². The van der Waals surface area contributed by atoms with E-state index in [0.29, 0.717) is 13.1 Å². The first-order valence-corrected chi connectivity index (χ1v) is 10.4. The van der Waals surface area contributed by atoms with Crippen molar-refractivity contribution < 1.29 is 8.42 Å². The maximum atomic E-state index is 12.3. The van der Waals surface area contributed by atoms with Crippen LogP contribution >= 0.6 is 0 Å².